The third kappa shape index (κ3) is 5.66. The van der Waals surface area contributed by atoms with Crippen LogP contribution < -0.4 is 28.6 Å². The maximum Gasteiger partial charge on any atom is 0.260 e. The van der Waals surface area contributed by atoms with Crippen molar-refractivity contribution in [2.75, 3.05) is 66.6 Å². The summed E-state index contributed by atoms with van der Waals surface area (Å²) in [6.07, 6.45) is 0.780. The quantitative estimate of drug-likeness (QED) is 0.414. The summed E-state index contributed by atoms with van der Waals surface area (Å²) < 4.78 is 28.6. The molecular formula is C24H30ClN3O6S. The molecule has 0 unspecified atom stereocenters. The fourth-order valence-corrected chi connectivity index (χ4v) is 4.76. The lowest BCUT2D eigenvalue weighted by Crippen LogP contribution is -2.33. The number of thiazole rings is 1. The molecule has 0 saturated carbocycles. The maximum absolute atomic E-state index is 13.8. The number of fused-ring (bicyclic) bond motifs is 2. The Bertz CT molecular complexity index is 1120. The van der Waals surface area contributed by atoms with Crippen LogP contribution in [0.5, 0.6) is 28.7 Å². The summed E-state index contributed by atoms with van der Waals surface area (Å²) >= 11 is 1.45. The molecule has 1 aromatic heterocycles. The molecule has 0 radical (unpaired) electrons. The molecule has 3 aromatic rings. The Balaban J connectivity index is 0.00000342. The number of hydrogen-bond acceptors (Lipinski definition) is 9. The highest BCUT2D eigenvalue weighted by Gasteiger charge is 2.25. The largest absolute Gasteiger partial charge is 0.493 e. The minimum Gasteiger partial charge on any atom is -0.493 e. The molecule has 1 aliphatic rings. The third-order valence-corrected chi connectivity index (χ3v) is 6.46. The molecule has 2 heterocycles. The van der Waals surface area contributed by atoms with Crippen molar-refractivity contribution < 1.29 is 28.5 Å². The number of carbonyl (C=O) groups is 1. The fourth-order valence-electron chi connectivity index (χ4n) is 3.76. The van der Waals surface area contributed by atoms with Gasteiger partial charge in [0.05, 0.1) is 31.5 Å². The van der Waals surface area contributed by atoms with Crippen molar-refractivity contribution in [3.63, 3.8) is 0 Å². The van der Waals surface area contributed by atoms with E-state index in [2.05, 4.69) is 4.90 Å². The molecule has 0 bridgehead atoms. The number of halogens is 1. The lowest BCUT2D eigenvalue weighted by molar-refractivity contribution is 0.0985. The van der Waals surface area contributed by atoms with E-state index in [4.69, 9.17) is 28.7 Å². The summed E-state index contributed by atoms with van der Waals surface area (Å²) in [7, 11) is 8.60. The van der Waals surface area contributed by atoms with Gasteiger partial charge in [0.2, 0.25) is 5.75 Å². The molecule has 35 heavy (non-hydrogen) atoms. The summed E-state index contributed by atoms with van der Waals surface area (Å²) in [5, 5.41) is 0.606. The van der Waals surface area contributed by atoms with E-state index in [-0.39, 0.29) is 18.3 Å². The normalized spacial score (nSPS) is 12.3. The molecule has 1 amide bonds. The smallest absolute Gasteiger partial charge is 0.260 e. The van der Waals surface area contributed by atoms with Crippen LogP contribution in [0, 0.1) is 0 Å². The molecule has 0 spiro atoms. The van der Waals surface area contributed by atoms with Gasteiger partial charge >= 0.3 is 0 Å². The lowest BCUT2D eigenvalue weighted by Gasteiger charge is -2.22. The van der Waals surface area contributed by atoms with Gasteiger partial charge in [-0.1, -0.05) is 11.3 Å². The number of hydrogen-bond donors (Lipinski definition) is 0. The number of methoxy groups -OCH3 is 3. The summed E-state index contributed by atoms with van der Waals surface area (Å²) in [5.41, 5.74) is 1.18. The average molecular weight is 524 g/mol. The summed E-state index contributed by atoms with van der Waals surface area (Å²) in [6, 6.07) is 7.12. The van der Waals surface area contributed by atoms with Gasteiger partial charge in [0.25, 0.3) is 5.91 Å². The second-order valence-corrected chi connectivity index (χ2v) is 9.00. The first-order chi connectivity index (χ1) is 16.4. The van der Waals surface area contributed by atoms with Crippen LogP contribution in [0.25, 0.3) is 10.2 Å². The van der Waals surface area contributed by atoms with Gasteiger partial charge in [-0.15, -0.1) is 12.4 Å². The van der Waals surface area contributed by atoms with E-state index in [1.807, 2.05) is 26.2 Å². The van der Waals surface area contributed by atoms with E-state index in [1.165, 1.54) is 32.7 Å². The monoisotopic (exact) mass is 523 g/mol. The van der Waals surface area contributed by atoms with Crippen molar-refractivity contribution in [1.29, 1.82) is 0 Å². The Kier molecular flexibility index (Phi) is 8.87. The van der Waals surface area contributed by atoms with Crippen molar-refractivity contribution in [3.05, 3.63) is 29.8 Å². The molecule has 0 atom stereocenters. The summed E-state index contributed by atoms with van der Waals surface area (Å²) in [4.78, 5) is 22.3. The first-order valence-electron chi connectivity index (χ1n) is 10.9. The molecule has 0 aliphatic carbocycles. The van der Waals surface area contributed by atoms with Crippen molar-refractivity contribution in [1.82, 2.24) is 9.88 Å². The molecular weight excluding hydrogens is 494 g/mol. The zero-order valence-corrected chi connectivity index (χ0v) is 22.1. The Morgan fingerprint density at radius 3 is 2.17 bits per heavy atom. The number of anilines is 1. The fraction of sp³-hybridized carbons (Fsp3) is 0.417. The summed E-state index contributed by atoms with van der Waals surface area (Å²) in [6.45, 7) is 2.35. The highest BCUT2D eigenvalue weighted by Crippen LogP contribution is 2.41. The molecule has 9 nitrogen and oxygen atoms in total. The number of ether oxygens (including phenoxy) is 5. The van der Waals surface area contributed by atoms with Gasteiger partial charge < -0.3 is 28.6 Å². The lowest BCUT2D eigenvalue weighted by atomic mass is 10.1. The number of amides is 1. The number of nitrogens with zero attached hydrogens (tertiary/aromatic N) is 3. The van der Waals surface area contributed by atoms with Gasteiger partial charge in [0, 0.05) is 24.2 Å². The first-order valence-corrected chi connectivity index (χ1v) is 11.7. The Hall–Kier alpha value is -2.95. The van der Waals surface area contributed by atoms with Gasteiger partial charge in [-0.25, -0.2) is 4.98 Å². The van der Waals surface area contributed by atoms with E-state index in [9.17, 15) is 4.79 Å². The van der Waals surface area contributed by atoms with Crippen LogP contribution >= 0.6 is 23.7 Å². The number of rotatable bonds is 9. The van der Waals surface area contributed by atoms with Crippen LogP contribution in [0.2, 0.25) is 0 Å². The van der Waals surface area contributed by atoms with Gasteiger partial charge in [-0.2, -0.15) is 0 Å². The topological polar surface area (TPSA) is 82.6 Å². The molecule has 1 aliphatic heterocycles. The molecule has 0 fully saturated rings. The molecule has 0 saturated heterocycles. The van der Waals surface area contributed by atoms with Crippen LogP contribution in [0.15, 0.2) is 24.3 Å². The van der Waals surface area contributed by atoms with E-state index >= 15 is 0 Å². The van der Waals surface area contributed by atoms with Crippen LogP contribution in [0.4, 0.5) is 5.13 Å². The van der Waals surface area contributed by atoms with Crippen LogP contribution in [0.3, 0.4) is 0 Å². The van der Waals surface area contributed by atoms with Crippen LogP contribution in [0.1, 0.15) is 16.8 Å². The molecule has 190 valence electrons. The van der Waals surface area contributed by atoms with E-state index in [0.717, 1.165) is 23.2 Å². The van der Waals surface area contributed by atoms with Crippen LogP contribution in [-0.4, -0.2) is 77.5 Å². The molecule has 0 N–H and O–H groups in total. The van der Waals surface area contributed by atoms with Crippen molar-refractivity contribution in [2.45, 2.75) is 6.42 Å². The second-order valence-electron chi connectivity index (χ2n) is 7.99. The Morgan fingerprint density at radius 2 is 1.60 bits per heavy atom. The first kappa shape index (κ1) is 26.7. The van der Waals surface area contributed by atoms with Crippen molar-refractivity contribution >= 4 is 45.0 Å². The average Bonchev–Trinajstić information content (AvgIpc) is 3.25. The van der Waals surface area contributed by atoms with Gasteiger partial charge in [0.1, 0.15) is 13.2 Å². The predicted molar refractivity (Wildman–Crippen MR) is 139 cm³/mol. The SMILES string of the molecule is COc1cc(C(=O)N(CCCN(C)C)c2nc3cc4c(cc3s2)OCCO4)cc(OC)c1OC.Cl. The number of aromatic nitrogens is 1. The predicted octanol–water partition coefficient (Wildman–Crippen LogP) is 4.11. The zero-order valence-electron chi connectivity index (χ0n) is 20.5. The Labute approximate surface area is 214 Å². The summed E-state index contributed by atoms with van der Waals surface area (Å²) in [5.74, 6) is 2.45. The van der Waals surface area contributed by atoms with Crippen molar-refractivity contribution in [2.24, 2.45) is 0 Å². The van der Waals surface area contributed by atoms with Crippen LogP contribution in [-0.2, 0) is 0 Å². The van der Waals surface area contributed by atoms with E-state index in [0.29, 0.717) is 59.2 Å². The number of carbonyl (C=O) groups excluding carboxylic acids is 1. The molecule has 11 heteroatoms. The highest BCUT2D eigenvalue weighted by atomic mass is 35.5. The third-order valence-electron chi connectivity index (χ3n) is 5.42. The van der Waals surface area contributed by atoms with Crippen molar-refractivity contribution in [3.8, 4) is 28.7 Å². The zero-order chi connectivity index (χ0) is 24.2. The molecule has 2 aromatic carbocycles. The maximum atomic E-state index is 13.8. The minimum atomic E-state index is -0.200. The van der Waals surface area contributed by atoms with Gasteiger partial charge in [-0.3, -0.25) is 9.69 Å². The standard InChI is InChI=1S/C24H29N3O6S.ClH/c1-26(2)7-6-8-27(23(28)15-11-19(29-3)22(31-5)20(12-15)30-4)24-25-16-13-17-18(14-21(16)34-24)33-10-9-32-17;/h11-14H,6-10H2,1-5H3;1H. The van der Waals surface area contributed by atoms with E-state index < -0.39 is 0 Å². The second kappa shape index (κ2) is 11.7. The van der Waals surface area contributed by atoms with Gasteiger partial charge in [0.15, 0.2) is 28.1 Å². The molecule has 4 rings (SSSR count). The Morgan fingerprint density at radius 1 is 0.971 bits per heavy atom. The van der Waals surface area contributed by atoms with E-state index in [1.54, 1.807) is 17.0 Å². The number of benzene rings is 2. The highest BCUT2D eigenvalue weighted by molar-refractivity contribution is 7.22. The van der Waals surface area contributed by atoms with Gasteiger partial charge in [-0.05, 0) is 39.2 Å². The minimum absolute atomic E-state index is 0.